The molecule has 0 aromatic rings. The van der Waals surface area contributed by atoms with Crippen LogP contribution < -0.4 is 0 Å². The van der Waals surface area contributed by atoms with Crippen LogP contribution in [0.2, 0.25) is 0 Å². The van der Waals surface area contributed by atoms with Crippen LogP contribution in [0.4, 0.5) is 0 Å². The van der Waals surface area contributed by atoms with Gasteiger partial charge in [0.05, 0.1) is 11.7 Å². The van der Waals surface area contributed by atoms with Gasteiger partial charge < -0.3 is 10.2 Å². The first-order valence-electron chi connectivity index (χ1n) is 8.78. The lowest BCUT2D eigenvalue weighted by atomic mass is 9.90. The quantitative estimate of drug-likeness (QED) is 0.464. The van der Waals surface area contributed by atoms with Crippen molar-refractivity contribution in [1.82, 2.24) is 0 Å². The summed E-state index contributed by atoms with van der Waals surface area (Å²) in [5, 5.41) is 19.5. The van der Waals surface area contributed by atoms with Crippen LogP contribution in [-0.2, 0) is 0 Å². The summed E-state index contributed by atoms with van der Waals surface area (Å²) in [4.78, 5) is 0. The molecule has 0 heterocycles. The Morgan fingerprint density at radius 3 is 1.95 bits per heavy atom. The van der Waals surface area contributed by atoms with E-state index in [0.717, 1.165) is 38.0 Å². The molecule has 0 radical (unpaired) electrons. The molecule has 0 aliphatic rings. The van der Waals surface area contributed by atoms with Crippen LogP contribution in [0.5, 0.6) is 0 Å². The molecule has 122 valence electrons. The zero-order valence-electron chi connectivity index (χ0n) is 14.3. The van der Waals surface area contributed by atoms with E-state index in [9.17, 15) is 10.2 Å². The molecular weight excluding hydrogens is 248 g/mol. The molecule has 2 nitrogen and oxygen atoms in total. The third-order valence-corrected chi connectivity index (χ3v) is 4.30. The van der Waals surface area contributed by atoms with Crippen LogP contribution in [0.1, 0.15) is 98.3 Å². The molecule has 0 spiro atoms. The van der Waals surface area contributed by atoms with E-state index in [0.29, 0.717) is 0 Å². The van der Waals surface area contributed by atoms with Gasteiger partial charge in [0.2, 0.25) is 0 Å². The van der Waals surface area contributed by atoms with Gasteiger partial charge in [-0.1, -0.05) is 58.8 Å². The molecule has 3 unspecified atom stereocenters. The van der Waals surface area contributed by atoms with Gasteiger partial charge in [0.15, 0.2) is 0 Å². The largest absolute Gasteiger partial charge is 0.393 e. The summed E-state index contributed by atoms with van der Waals surface area (Å²) < 4.78 is 0. The van der Waals surface area contributed by atoms with E-state index in [1.54, 1.807) is 0 Å². The van der Waals surface area contributed by atoms with Crippen molar-refractivity contribution in [2.24, 2.45) is 5.92 Å². The third kappa shape index (κ3) is 12.9. The summed E-state index contributed by atoms with van der Waals surface area (Å²) in [6.45, 7) is 8.37. The molecule has 0 fully saturated rings. The molecule has 0 saturated carbocycles. The maximum absolute atomic E-state index is 10.3. The minimum Gasteiger partial charge on any atom is -0.393 e. The molecule has 20 heavy (non-hydrogen) atoms. The average Bonchev–Trinajstić information content (AvgIpc) is 2.34. The average molecular weight is 286 g/mol. The Labute approximate surface area is 127 Å². The first-order valence-corrected chi connectivity index (χ1v) is 8.78. The predicted octanol–water partition coefficient (Wildman–Crippen LogP) is 5.07. The molecule has 2 heteroatoms. The topological polar surface area (TPSA) is 40.5 Å². The van der Waals surface area contributed by atoms with Crippen LogP contribution in [-0.4, -0.2) is 21.9 Å². The number of aliphatic hydroxyl groups excluding tert-OH is 1. The maximum atomic E-state index is 10.3. The van der Waals surface area contributed by atoms with E-state index in [1.165, 1.54) is 38.5 Å². The Bertz CT molecular complexity index is 211. The predicted molar refractivity (Wildman–Crippen MR) is 87.9 cm³/mol. The summed E-state index contributed by atoms with van der Waals surface area (Å²) in [5.74, 6) is 0.835. The Morgan fingerprint density at radius 1 is 0.850 bits per heavy atom. The molecule has 2 N–H and O–H groups in total. The van der Waals surface area contributed by atoms with E-state index >= 15 is 0 Å². The number of hydrogen-bond donors (Lipinski definition) is 2. The van der Waals surface area contributed by atoms with Crippen molar-refractivity contribution in [2.45, 2.75) is 110 Å². The summed E-state index contributed by atoms with van der Waals surface area (Å²) in [7, 11) is 0. The first kappa shape index (κ1) is 19.9. The lowest BCUT2D eigenvalue weighted by Crippen LogP contribution is -2.24. The molecule has 0 aliphatic carbocycles. The zero-order chi connectivity index (χ0) is 15.4. The summed E-state index contributed by atoms with van der Waals surface area (Å²) in [6.07, 6.45) is 12.2. The van der Waals surface area contributed by atoms with Gasteiger partial charge in [-0.05, 0) is 45.4 Å². The van der Waals surface area contributed by atoms with E-state index in [2.05, 4.69) is 13.8 Å². The van der Waals surface area contributed by atoms with Gasteiger partial charge in [-0.15, -0.1) is 0 Å². The summed E-state index contributed by atoms with van der Waals surface area (Å²) >= 11 is 0. The van der Waals surface area contributed by atoms with Crippen molar-refractivity contribution in [3.8, 4) is 0 Å². The number of hydrogen-bond acceptors (Lipinski definition) is 2. The third-order valence-electron chi connectivity index (χ3n) is 4.30. The highest BCUT2D eigenvalue weighted by atomic mass is 16.3. The highest BCUT2D eigenvalue weighted by Crippen LogP contribution is 2.23. The van der Waals surface area contributed by atoms with Crippen molar-refractivity contribution in [3.05, 3.63) is 0 Å². The zero-order valence-corrected chi connectivity index (χ0v) is 14.3. The van der Waals surface area contributed by atoms with Crippen LogP contribution >= 0.6 is 0 Å². The van der Waals surface area contributed by atoms with Crippen molar-refractivity contribution in [3.63, 3.8) is 0 Å². The smallest absolute Gasteiger partial charge is 0.0619 e. The molecule has 0 bridgehead atoms. The van der Waals surface area contributed by atoms with E-state index < -0.39 is 5.60 Å². The van der Waals surface area contributed by atoms with E-state index in [-0.39, 0.29) is 6.10 Å². The summed E-state index contributed by atoms with van der Waals surface area (Å²) in [6, 6.07) is 0. The molecule has 0 amide bonds. The second-order valence-electron chi connectivity index (χ2n) is 7.08. The molecule has 0 aliphatic heterocycles. The molecule has 0 saturated heterocycles. The van der Waals surface area contributed by atoms with Crippen LogP contribution in [0, 0.1) is 5.92 Å². The Balaban J connectivity index is 3.56. The minimum absolute atomic E-state index is 0.241. The molecule has 3 atom stereocenters. The first-order chi connectivity index (χ1) is 9.37. The lowest BCUT2D eigenvalue weighted by molar-refractivity contribution is 0.0331. The summed E-state index contributed by atoms with van der Waals surface area (Å²) in [5.41, 5.74) is -0.541. The standard InChI is InChI=1S/C18H38O2/c1-5-6-7-11-16(2)12-8-9-14-18(4,20)15-10-13-17(3)19/h16-17,19-20H,5-15H2,1-4H3. The van der Waals surface area contributed by atoms with Gasteiger partial charge in [-0.25, -0.2) is 0 Å². The number of rotatable bonds is 13. The van der Waals surface area contributed by atoms with Crippen molar-refractivity contribution >= 4 is 0 Å². The van der Waals surface area contributed by atoms with Gasteiger partial charge in [0.1, 0.15) is 0 Å². The SMILES string of the molecule is CCCCCC(C)CCCCC(C)(O)CCCC(C)O. The van der Waals surface area contributed by atoms with Gasteiger partial charge >= 0.3 is 0 Å². The highest BCUT2D eigenvalue weighted by Gasteiger charge is 2.19. The Hall–Kier alpha value is -0.0800. The van der Waals surface area contributed by atoms with Crippen molar-refractivity contribution in [1.29, 1.82) is 0 Å². The highest BCUT2D eigenvalue weighted by molar-refractivity contribution is 4.73. The lowest BCUT2D eigenvalue weighted by Gasteiger charge is -2.23. The Morgan fingerprint density at radius 2 is 1.40 bits per heavy atom. The fraction of sp³-hybridized carbons (Fsp3) is 1.00. The van der Waals surface area contributed by atoms with Crippen molar-refractivity contribution in [2.75, 3.05) is 0 Å². The molecular formula is C18H38O2. The maximum Gasteiger partial charge on any atom is 0.0619 e. The molecule has 0 aromatic heterocycles. The molecule has 0 rings (SSSR count). The van der Waals surface area contributed by atoms with Gasteiger partial charge in [0.25, 0.3) is 0 Å². The number of unbranched alkanes of at least 4 members (excludes halogenated alkanes) is 3. The van der Waals surface area contributed by atoms with Crippen LogP contribution in [0.15, 0.2) is 0 Å². The van der Waals surface area contributed by atoms with Gasteiger partial charge in [-0.2, -0.15) is 0 Å². The van der Waals surface area contributed by atoms with Gasteiger partial charge in [0, 0.05) is 0 Å². The van der Waals surface area contributed by atoms with Crippen molar-refractivity contribution < 1.29 is 10.2 Å². The molecule has 0 aromatic carbocycles. The van der Waals surface area contributed by atoms with Crippen LogP contribution in [0.25, 0.3) is 0 Å². The Kier molecular flexibility index (Phi) is 11.5. The fourth-order valence-electron chi connectivity index (χ4n) is 2.79. The monoisotopic (exact) mass is 286 g/mol. The second kappa shape index (κ2) is 11.6. The van der Waals surface area contributed by atoms with E-state index in [1.807, 2.05) is 13.8 Å². The normalized spacial score (nSPS) is 17.7. The second-order valence-corrected chi connectivity index (χ2v) is 7.08. The van der Waals surface area contributed by atoms with E-state index in [4.69, 9.17) is 0 Å². The fourth-order valence-corrected chi connectivity index (χ4v) is 2.79. The minimum atomic E-state index is -0.541. The van der Waals surface area contributed by atoms with Crippen LogP contribution in [0.3, 0.4) is 0 Å². The number of aliphatic hydroxyl groups is 2. The van der Waals surface area contributed by atoms with Gasteiger partial charge in [-0.3, -0.25) is 0 Å².